The average Bonchev–Trinajstić information content (AvgIpc) is 2.87. The summed E-state index contributed by atoms with van der Waals surface area (Å²) in [4.78, 5) is 32.3. The normalized spacial score (nSPS) is 13.3. The van der Waals surface area contributed by atoms with Gasteiger partial charge in [-0.25, -0.2) is 0 Å². The number of benzene rings is 1. The fraction of sp³-hybridized carbons (Fsp3) is 0.483. The lowest BCUT2D eigenvalue weighted by Gasteiger charge is -2.28. The first-order valence-corrected chi connectivity index (χ1v) is 12.7. The topological polar surface area (TPSA) is 103 Å². The molecular weight excluding hydrogens is 454 g/mol. The van der Waals surface area contributed by atoms with E-state index in [1.54, 1.807) is 47.6 Å². The molecule has 7 nitrogen and oxygen atoms in total. The van der Waals surface area contributed by atoms with Gasteiger partial charge in [0.25, 0.3) is 11.8 Å². The van der Waals surface area contributed by atoms with Gasteiger partial charge in [0.15, 0.2) is 0 Å². The third-order valence-electron chi connectivity index (χ3n) is 6.01. The van der Waals surface area contributed by atoms with Gasteiger partial charge in [-0.3, -0.25) is 14.6 Å². The third-order valence-corrected chi connectivity index (χ3v) is 6.01. The predicted molar refractivity (Wildman–Crippen MR) is 144 cm³/mol. The molecule has 2 rings (SSSR count). The smallest absolute Gasteiger partial charge is 0.253 e. The van der Waals surface area contributed by atoms with Crippen molar-refractivity contribution in [2.45, 2.75) is 77.5 Å². The maximum absolute atomic E-state index is 13.3. The molecule has 0 radical (unpaired) electrons. The molecule has 2 aromatic rings. The van der Waals surface area contributed by atoms with Gasteiger partial charge in [0.05, 0.1) is 12.1 Å². The number of hydrogen-bond acceptors (Lipinski definition) is 5. The number of carbonyl (C=O) groups excluding carboxylic acids is 2. The summed E-state index contributed by atoms with van der Waals surface area (Å²) in [6, 6.07) is 7.96. The largest absolute Gasteiger partial charge is 0.390 e. The van der Waals surface area contributed by atoms with Crippen molar-refractivity contribution in [1.29, 1.82) is 0 Å². The second-order valence-corrected chi connectivity index (χ2v) is 9.17. The Balaban J connectivity index is 0.00000684. The van der Waals surface area contributed by atoms with Crippen LogP contribution in [0.25, 0.3) is 0 Å². The lowest BCUT2D eigenvalue weighted by atomic mass is 9.95. The van der Waals surface area contributed by atoms with Crippen LogP contribution >= 0.6 is 0 Å². The van der Waals surface area contributed by atoms with Crippen molar-refractivity contribution in [3.05, 3.63) is 65.0 Å². The minimum Gasteiger partial charge on any atom is -0.390 e. The van der Waals surface area contributed by atoms with Crippen LogP contribution in [-0.4, -0.2) is 63.3 Å². The molecule has 1 heterocycles. The number of unbranched alkanes of at least 4 members (excludes halogenated alkanes) is 1. The lowest BCUT2D eigenvalue weighted by molar-refractivity contribution is -0.00787. The number of hydrogen-bond donors (Lipinski definition) is 3. The summed E-state index contributed by atoms with van der Waals surface area (Å²) >= 11 is 0. The molecule has 0 spiro atoms. The van der Waals surface area contributed by atoms with Gasteiger partial charge in [0.2, 0.25) is 0 Å². The van der Waals surface area contributed by atoms with E-state index in [4.69, 9.17) is 6.42 Å². The van der Waals surface area contributed by atoms with Crippen molar-refractivity contribution in [2.75, 3.05) is 13.1 Å². The van der Waals surface area contributed by atoms with Crippen LogP contribution in [0.3, 0.4) is 0 Å². The second kappa shape index (κ2) is 15.0. The highest BCUT2D eigenvalue weighted by molar-refractivity contribution is 6.00. The first kappa shape index (κ1) is 29.0. The Kier molecular flexibility index (Phi) is 12.1. The van der Waals surface area contributed by atoms with Crippen LogP contribution in [0.2, 0.25) is 0 Å². The number of aromatic nitrogens is 1. The molecule has 3 N–H and O–H groups in total. The highest BCUT2D eigenvalue weighted by atomic mass is 16.3. The van der Waals surface area contributed by atoms with E-state index in [1.165, 1.54) is 0 Å². The Hall–Kier alpha value is -3.21. The van der Waals surface area contributed by atoms with Gasteiger partial charge in [-0.15, -0.1) is 12.3 Å². The van der Waals surface area contributed by atoms with Gasteiger partial charge in [-0.05, 0) is 80.5 Å². The number of aryl methyl sites for hydroxylation is 1. The number of terminal acetylenes is 1. The van der Waals surface area contributed by atoms with Crippen LogP contribution in [0, 0.1) is 19.3 Å². The first-order valence-electron chi connectivity index (χ1n) is 12.7. The summed E-state index contributed by atoms with van der Waals surface area (Å²) < 4.78 is 0. The van der Waals surface area contributed by atoms with Gasteiger partial charge in [-0.2, -0.15) is 0 Å². The minimum absolute atomic E-state index is 0. The van der Waals surface area contributed by atoms with Gasteiger partial charge in [0, 0.05) is 44.5 Å². The van der Waals surface area contributed by atoms with Crippen LogP contribution in [0.1, 0.15) is 79.2 Å². The van der Waals surface area contributed by atoms with E-state index in [2.05, 4.69) is 16.2 Å². The summed E-state index contributed by atoms with van der Waals surface area (Å²) in [5.74, 6) is 2.01. The van der Waals surface area contributed by atoms with E-state index >= 15 is 0 Å². The van der Waals surface area contributed by atoms with E-state index in [0.29, 0.717) is 49.9 Å². The molecule has 36 heavy (non-hydrogen) atoms. The molecule has 3 atom stereocenters. The number of rotatable bonds is 14. The number of nitrogens with one attached hydrogen (secondary N) is 1. The molecule has 0 fully saturated rings. The fourth-order valence-corrected chi connectivity index (χ4v) is 4.21. The highest BCUT2D eigenvalue weighted by Gasteiger charge is 2.28. The van der Waals surface area contributed by atoms with Crippen molar-refractivity contribution >= 4 is 11.8 Å². The van der Waals surface area contributed by atoms with Crippen LogP contribution in [0.15, 0.2) is 42.7 Å². The molecule has 3 unspecified atom stereocenters. The third kappa shape index (κ3) is 8.78. The summed E-state index contributed by atoms with van der Waals surface area (Å²) in [6.45, 7) is 7.20. The number of nitrogens with zero attached hydrogens (tertiary/aromatic N) is 2. The van der Waals surface area contributed by atoms with Crippen molar-refractivity contribution in [2.24, 2.45) is 0 Å². The predicted octanol–water partition coefficient (Wildman–Crippen LogP) is 3.76. The van der Waals surface area contributed by atoms with Crippen LogP contribution < -0.4 is 5.32 Å². The summed E-state index contributed by atoms with van der Waals surface area (Å²) in [7, 11) is 0. The first-order chi connectivity index (χ1) is 17.3. The maximum atomic E-state index is 13.3. The summed E-state index contributed by atoms with van der Waals surface area (Å²) in [5.41, 5.74) is 2.45. The number of pyridine rings is 1. The molecule has 0 aliphatic heterocycles. The average molecular weight is 496 g/mol. The molecule has 196 valence electrons. The Morgan fingerprint density at radius 1 is 1.11 bits per heavy atom. The second-order valence-electron chi connectivity index (χ2n) is 9.17. The van der Waals surface area contributed by atoms with E-state index in [1.807, 2.05) is 20.8 Å². The Bertz CT molecular complexity index is 1020. The number of aliphatic hydroxyl groups is 2. The molecule has 7 heteroatoms. The van der Waals surface area contributed by atoms with Crippen molar-refractivity contribution in [1.82, 2.24) is 15.2 Å². The standard InChI is InChI=1S/C29H39N3O4.H2/c1-5-8-9-10-26(33)27(34)25(19-22-11-13-30-14-12-22)31-28(35)23-17-21(4)18-24(20-23)29(36)32(15-6-2)16-7-3;/h1,11-14,17-18,20,25-27,33-34H,6-10,15-16,19H2,2-4H3,(H,31,35);1H. The molecule has 2 amide bonds. The molecule has 0 saturated carbocycles. The summed E-state index contributed by atoms with van der Waals surface area (Å²) in [5, 5.41) is 24.4. The van der Waals surface area contributed by atoms with Crippen LogP contribution in [0.5, 0.6) is 0 Å². The van der Waals surface area contributed by atoms with Gasteiger partial charge < -0.3 is 20.4 Å². The van der Waals surface area contributed by atoms with Gasteiger partial charge >= 0.3 is 0 Å². The number of carbonyl (C=O) groups is 2. The monoisotopic (exact) mass is 495 g/mol. The van der Waals surface area contributed by atoms with E-state index < -0.39 is 24.2 Å². The van der Waals surface area contributed by atoms with Gasteiger partial charge in [0.1, 0.15) is 6.10 Å². The Morgan fingerprint density at radius 3 is 2.36 bits per heavy atom. The zero-order chi connectivity index (χ0) is 26.5. The zero-order valence-electron chi connectivity index (χ0n) is 21.6. The van der Waals surface area contributed by atoms with E-state index in [-0.39, 0.29) is 7.33 Å². The van der Waals surface area contributed by atoms with E-state index in [0.717, 1.165) is 24.0 Å². The molecule has 0 aliphatic carbocycles. The van der Waals surface area contributed by atoms with E-state index in [9.17, 15) is 19.8 Å². The van der Waals surface area contributed by atoms with Gasteiger partial charge in [-0.1, -0.05) is 13.8 Å². The fourth-order valence-electron chi connectivity index (χ4n) is 4.21. The van der Waals surface area contributed by atoms with Crippen LogP contribution in [0.4, 0.5) is 0 Å². The van der Waals surface area contributed by atoms with Crippen molar-refractivity contribution in [3.8, 4) is 12.3 Å². The maximum Gasteiger partial charge on any atom is 0.253 e. The summed E-state index contributed by atoms with van der Waals surface area (Å²) in [6.07, 6.45) is 9.73. The lowest BCUT2D eigenvalue weighted by Crippen LogP contribution is -2.49. The molecule has 0 aliphatic rings. The molecule has 1 aromatic heterocycles. The zero-order valence-corrected chi connectivity index (χ0v) is 21.6. The molecule has 1 aromatic carbocycles. The Morgan fingerprint density at radius 2 is 1.75 bits per heavy atom. The Labute approximate surface area is 216 Å². The van der Waals surface area contributed by atoms with Crippen molar-refractivity contribution in [3.63, 3.8) is 0 Å². The number of amides is 2. The molecule has 0 saturated heterocycles. The van der Waals surface area contributed by atoms with Crippen LogP contribution in [-0.2, 0) is 6.42 Å². The number of aliphatic hydroxyl groups excluding tert-OH is 2. The highest BCUT2D eigenvalue weighted by Crippen LogP contribution is 2.16. The molecule has 0 bridgehead atoms. The molecular formula is C29H41N3O4. The minimum atomic E-state index is -1.20. The van der Waals surface area contributed by atoms with Crippen molar-refractivity contribution < 1.29 is 21.2 Å². The quantitative estimate of drug-likeness (QED) is 0.274. The SMILES string of the molecule is C#CCCCC(O)C(O)C(Cc1ccncc1)NC(=O)c1cc(C)cc(C(=O)N(CCC)CCC)c1.[HH].